The lowest BCUT2D eigenvalue weighted by Crippen LogP contribution is -2.31. The van der Waals surface area contributed by atoms with Crippen molar-refractivity contribution in [3.05, 3.63) is 42.0 Å². The van der Waals surface area contributed by atoms with Crippen LogP contribution >= 0.6 is 0 Å². The van der Waals surface area contributed by atoms with Gasteiger partial charge in [-0.15, -0.1) is 0 Å². The minimum atomic E-state index is -3.54. The second kappa shape index (κ2) is 4.75. The normalized spacial score (nSPS) is 19.1. The molecule has 0 amide bonds. The summed E-state index contributed by atoms with van der Waals surface area (Å²) in [5.41, 5.74) is 1.96. The number of nitrogens with one attached hydrogen (secondary N) is 2. The highest BCUT2D eigenvalue weighted by atomic mass is 32.2. The summed E-state index contributed by atoms with van der Waals surface area (Å²) in [6.07, 6.45) is 7.32. The zero-order valence-electron chi connectivity index (χ0n) is 10.2. The van der Waals surface area contributed by atoms with Crippen molar-refractivity contribution in [3.63, 3.8) is 0 Å². The molecule has 0 saturated carbocycles. The molecule has 1 aliphatic rings. The Morgan fingerprint density at radius 1 is 1.37 bits per heavy atom. The number of fused-ring (bicyclic) bond motifs is 1. The molecule has 0 fully saturated rings. The zero-order chi connectivity index (χ0) is 13.3. The molecule has 100 valence electrons. The Hall–Kier alpha value is -1.73. The monoisotopic (exact) mass is 278 g/mol. The number of aryl methyl sites for hydroxylation is 1. The largest absolute Gasteiger partial charge is 0.281 e. The quantitative estimate of drug-likeness (QED) is 0.882. The van der Waals surface area contributed by atoms with Gasteiger partial charge in [-0.3, -0.25) is 10.1 Å². The van der Waals surface area contributed by atoms with Crippen molar-refractivity contribution in [1.29, 1.82) is 0 Å². The standard InChI is InChI=1S/C12H14N4O2S/c17-19(18,10-4-2-6-13-8-10)16-11-5-1-3-9-7-14-15-12(9)11/h2,4,6-8,11,16H,1,3,5H2,(H,14,15). The summed E-state index contributed by atoms with van der Waals surface area (Å²) >= 11 is 0. The van der Waals surface area contributed by atoms with E-state index in [-0.39, 0.29) is 10.9 Å². The van der Waals surface area contributed by atoms with Gasteiger partial charge in [-0.1, -0.05) is 0 Å². The van der Waals surface area contributed by atoms with E-state index in [1.165, 1.54) is 12.3 Å². The Balaban J connectivity index is 1.88. The molecule has 1 unspecified atom stereocenters. The van der Waals surface area contributed by atoms with Crippen LogP contribution in [0.25, 0.3) is 0 Å². The number of hydrogen-bond donors (Lipinski definition) is 2. The molecule has 2 heterocycles. The van der Waals surface area contributed by atoms with E-state index in [1.54, 1.807) is 18.5 Å². The molecule has 7 heteroatoms. The maximum Gasteiger partial charge on any atom is 0.242 e. The van der Waals surface area contributed by atoms with Gasteiger partial charge in [0.1, 0.15) is 4.90 Å². The first kappa shape index (κ1) is 12.3. The van der Waals surface area contributed by atoms with E-state index < -0.39 is 10.0 Å². The second-order valence-corrected chi connectivity index (χ2v) is 6.28. The molecule has 3 rings (SSSR count). The van der Waals surface area contributed by atoms with E-state index in [2.05, 4.69) is 19.9 Å². The van der Waals surface area contributed by atoms with Crippen LogP contribution in [0.3, 0.4) is 0 Å². The first-order valence-corrected chi connectivity index (χ1v) is 7.59. The molecular weight excluding hydrogens is 264 g/mol. The van der Waals surface area contributed by atoms with E-state index in [4.69, 9.17) is 0 Å². The van der Waals surface area contributed by atoms with Gasteiger partial charge < -0.3 is 0 Å². The Morgan fingerprint density at radius 3 is 3.05 bits per heavy atom. The van der Waals surface area contributed by atoms with Crippen LogP contribution in [0.15, 0.2) is 35.6 Å². The molecule has 0 aromatic carbocycles. The van der Waals surface area contributed by atoms with Gasteiger partial charge in [0.05, 0.1) is 17.9 Å². The minimum absolute atomic E-state index is 0.182. The lowest BCUT2D eigenvalue weighted by molar-refractivity contribution is 0.499. The van der Waals surface area contributed by atoms with Crippen molar-refractivity contribution in [1.82, 2.24) is 19.9 Å². The number of aromatic amines is 1. The predicted molar refractivity (Wildman–Crippen MR) is 68.8 cm³/mol. The van der Waals surface area contributed by atoms with Crippen LogP contribution < -0.4 is 4.72 Å². The van der Waals surface area contributed by atoms with Crippen LogP contribution in [0.1, 0.15) is 30.1 Å². The summed E-state index contributed by atoms with van der Waals surface area (Å²) in [6.45, 7) is 0. The molecule has 0 spiro atoms. The van der Waals surface area contributed by atoms with Crippen molar-refractivity contribution in [3.8, 4) is 0 Å². The molecule has 0 bridgehead atoms. The van der Waals surface area contributed by atoms with Crippen LogP contribution in [0.5, 0.6) is 0 Å². The summed E-state index contributed by atoms with van der Waals surface area (Å²) in [5.74, 6) is 0. The average molecular weight is 278 g/mol. The highest BCUT2D eigenvalue weighted by molar-refractivity contribution is 7.89. The summed E-state index contributed by atoms with van der Waals surface area (Å²) < 4.78 is 27.2. The smallest absolute Gasteiger partial charge is 0.242 e. The molecule has 6 nitrogen and oxygen atoms in total. The third-order valence-corrected chi connectivity index (χ3v) is 4.74. The summed E-state index contributed by atoms with van der Waals surface area (Å²) in [4.78, 5) is 4.02. The lowest BCUT2D eigenvalue weighted by Gasteiger charge is -2.22. The van der Waals surface area contributed by atoms with Crippen LogP contribution in [0.4, 0.5) is 0 Å². The number of H-pyrrole nitrogens is 1. The van der Waals surface area contributed by atoms with Gasteiger partial charge in [-0.2, -0.15) is 5.10 Å². The van der Waals surface area contributed by atoms with E-state index >= 15 is 0 Å². The predicted octanol–water partition coefficient (Wildman–Crippen LogP) is 1.16. The topological polar surface area (TPSA) is 87.7 Å². The number of nitrogens with zero attached hydrogens (tertiary/aromatic N) is 2. The third-order valence-electron chi connectivity index (χ3n) is 3.28. The molecule has 0 radical (unpaired) electrons. The zero-order valence-corrected chi connectivity index (χ0v) is 11.0. The lowest BCUT2D eigenvalue weighted by atomic mass is 9.94. The van der Waals surface area contributed by atoms with Gasteiger partial charge in [0, 0.05) is 12.4 Å². The fourth-order valence-electron chi connectivity index (χ4n) is 2.34. The van der Waals surface area contributed by atoms with Crippen molar-refractivity contribution in [2.75, 3.05) is 0 Å². The first-order valence-electron chi connectivity index (χ1n) is 6.11. The maximum atomic E-state index is 12.2. The van der Waals surface area contributed by atoms with Crippen molar-refractivity contribution in [2.45, 2.75) is 30.2 Å². The average Bonchev–Trinajstić information content (AvgIpc) is 2.89. The van der Waals surface area contributed by atoms with Crippen molar-refractivity contribution >= 4 is 10.0 Å². The second-order valence-electron chi connectivity index (χ2n) is 4.56. The Kier molecular flexibility index (Phi) is 3.08. The fraction of sp³-hybridized carbons (Fsp3) is 0.333. The Bertz CT molecular complexity index is 666. The van der Waals surface area contributed by atoms with Crippen LogP contribution in [-0.2, 0) is 16.4 Å². The van der Waals surface area contributed by atoms with Crippen molar-refractivity contribution in [2.24, 2.45) is 0 Å². The van der Waals surface area contributed by atoms with E-state index in [1.807, 2.05) is 0 Å². The maximum absolute atomic E-state index is 12.2. The van der Waals surface area contributed by atoms with Gasteiger partial charge in [0.2, 0.25) is 10.0 Å². The van der Waals surface area contributed by atoms with E-state index in [0.717, 1.165) is 30.5 Å². The van der Waals surface area contributed by atoms with Gasteiger partial charge in [0.25, 0.3) is 0 Å². The highest BCUT2D eigenvalue weighted by Gasteiger charge is 2.27. The SMILES string of the molecule is O=S(=O)(NC1CCCc2cn[nH]c21)c1cccnc1. The van der Waals surface area contributed by atoms with Gasteiger partial charge >= 0.3 is 0 Å². The Labute approximate surface area is 111 Å². The Morgan fingerprint density at radius 2 is 2.26 bits per heavy atom. The summed E-state index contributed by atoms with van der Waals surface area (Å²) in [5, 5.41) is 6.87. The molecule has 2 aromatic rings. The number of pyridine rings is 1. The highest BCUT2D eigenvalue weighted by Crippen LogP contribution is 2.28. The van der Waals surface area contributed by atoms with E-state index in [9.17, 15) is 8.42 Å². The van der Waals surface area contributed by atoms with Crippen LogP contribution in [0.2, 0.25) is 0 Å². The summed E-state index contributed by atoms with van der Waals surface area (Å²) in [6, 6.07) is 2.90. The third kappa shape index (κ3) is 2.39. The van der Waals surface area contributed by atoms with Gasteiger partial charge in [-0.25, -0.2) is 13.1 Å². The van der Waals surface area contributed by atoms with E-state index in [0.29, 0.717) is 0 Å². The van der Waals surface area contributed by atoms with Crippen LogP contribution in [0, 0.1) is 0 Å². The molecule has 0 saturated heterocycles. The molecule has 2 N–H and O–H groups in total. The molecule has 0 aliphatic heterocycles. The summed E-state index contributed by atoms with van der Waals surface area (Å²) in [7, 11) is -3.54. The van der Waals surface area contributed by atoms with Crippen LogP contribution in [-0.4, -0.2) is 23.6 Å². The first-order chi connectivity index (χ1) is 9.17. The number of sulfonamides is 1. The molecule has 1 atom stereocenters. The number of hydrogen-bond acceptors (Lipinski definition) is 4. The van der Waals surface area contributed by atoms with Gasteiger partial charge in [-0.05, 0) is 37.0 Å². The number of aromatic nitrogens is 3. The fourth-order valence-corrected chi connectivity index (χ4v) is 3.55. The molecule has 2 aromatic heterocycles. The van der Waals surface area contributed by atoms with Gasteiger partial charge in [0.15, 0.2) is 0 Å². The number of rotatable bonds is 3. The minimum Gasteiger partial charge on any atom is -0.281 e. The van der Waals surface area contributed by atoms with Crippen molar-refractivity contribution < 1.29 is 8.42 Å². The molecule has 19 heavy (non-hydrogen) atoms. The molecule has 1 aliphatic carbocycles. The molecular formula is C12H14N4O2S.